The van der Waals surface area contributed by atoms with Gasteiger partial charge in [-0.25, -0.2) is 0 Å². The molecular weight excluding hydrogens is 1660 g/mol. The maximum Gasteiger partial charge on any atom is 0.0419 e. The van der Waals surface area contributed by atoms with Crippen LogP contribution in [0.1, 0.15) is 455 Å². The van der Waals surface area contributed by atoms with Gasteiger partial charge >= 0.3 is 0 Å². The van der Waals surface area contributed by atoms with Crippen molar-refractivity contribution in [3.8, 4) is 0 Å². The summed E-state index contributed by atoms with van der Waals surface area (Å²) in [7, 11) is 0. The molecule has 0 radical (unpaired) electrons. The van der Waals surface area contributed by atoms with Crippen molar-refractivity contribution in [3.63, 3.8) is 0 Å². The quantitative estimate of drug-likeness (QED) is 0.140. The third-order valence-corrected chi connectivity index (χ3v) is 45.1. The van der Waals surface area contributed by atoms with Crippen molar-refractivity contribution < 1.29 is 0 Å². The van der Waals surface area contributed by atoms with Crippen LogP contribution in [0.15, 0.2) is 301 Å². The monoisotopic (exact) mass is 1850 g/mol. The summed E-state index contributed by atoms with van der Waals surface area (Å²) in [5.74, 6) is 0. The predicted octanol–water partition coefficient (Wildman–Crippen LogP) is 41.2. The van der Waals surface area contributed by atoms with Gasteiger partial charge in [0.05, 0.1) is 0 Å². The van der Waals surface area contributed by atoms with Crippen molar-refractivity contribution in [3.05, 3.63) is 340 Å². The first-order valence-corrected chi connectivity index (χ1v) is 55.4. The van der Waals surface area contributed by atoms with Gasteiger partial charge in [-0.2, -0.15) is 0 Å². The normalized spacial score (nSPS) is 28.6. The van der Waals surface area contributed by atoms with Crippen LogP contribution >= 0.6 is 0 Å². The molecule has 5 fully saturated rings. The predicted molar refractivity (Wildman–Crippen MR) is 603 cm³/mol. The molecule has 0 heteroatoms. The molecule has 0 aliphatic heterocycles. The number of allylic oxidation sites excluding steroid dienone is 16. The van der Waals surface area contributed by atoms with Crippen LogP contribution in [0.25, 0.3) is 0 Å². The highest BCUT2D eigenvalue weighted by Gasteiger charge is 2.64. The van der Waals surface area contributed by atoms with Gasteiger partial charge in [-0.15, -0.1) is 0 Å². The van der Waals surface area contributed by atoms with Crippen LogP contribution < -0.4 is 0 Å². The average molecular weight is 1850 g/mol. The Hall–Kier alpha value is -7.54. The molecule has 0 bridgehead atoms. The van der Waals surface area contributed by atoms with Gasteiger partial charge in [0.25, 0.3) is 0 Å². The third kappa shape index (κ3) is 18.4. The summed E-state index contributed by atoms with van der Waals surface area (Å²) < 4.78 is 0. The van der Waals surface area contributed by atoms with Crippen LogP contribution in [0.3, 0.4) is 0 Å². The Labute approximate surface area is 847 Å². The maximum atomic E-state index is 2.49. The smallest absolute Gasteiger partial charge is 0.0419 e. The largest absolute Gasteiger partial charge is 0.0682 e. The van der Waals surface area contributed by atoms with Crippen LogP contribution in [0.5, 0.6) is 0 Å². The Kier molecular flexibility index (Phi) is 31.1. The van der Waals surface area contributed by atoms with Crippen LogP contribution in [0.2, 0.25) is 0 Å². The fraction of sp³-hybridized carbons (Fsp3) is 0.580. The summed E-state index contributed by atoms with van der Waals surface area (Å²) >= 11 is 0. The van der Waals surface area contributed by atoms with E-state index in [9.17, 15) is 0 Å². The fourth-order valence-electron chi connectivity index (χ4n) is 33.3. The van der Waals surface area contributed by atoms with E-state index >= 15 is 0 Å². The van der Waals surface area contributed by atoms with Crippen LogP contribution in [-0.4, -0.2) is 0 Å². The van der Waals surface area contributed by atoms with Crippen molar-refractivity contribution >= 4 is 0 Å². The van der Waals surface area contributed by atoms with Crippen molar-refractivity contribution in [1.82, 2.24) is 0 Å². The highest BCUT2D eigenvalue weighted by Crippen LogP contribution is 2.73. The van der Waals surface area contributed by atoms with Gasteiger partial charge in [0.2, 0.25) is 0 Å². The first-order chi connectivity index (χ1) is 64.5. The van der Waals surface area contributed by atoms with Crippen LogP contribution in [-0.2, 0) is 32.5 Å². The van der Waals surface area contributed by atoms with E-state index in [-0.39, 0.29) is 37.9 Å². The zero-order valence-corrected chi connectivity index (χ0v) is 94.8. The lowest BCUT2D eigenvalue weighted by Crippen LogP contribution is -2.46. The molecule has 0 aromatic heterocycles. The molecule has 5 unspecified atom stereocenters. The highest BCUT2D eigenvalue weighted by atomic mass is 14.7. The maximum absolute atomic E-state index is 2.49. The van der Waals surface area contributed by atoms with E-state index in [1.165, 1.54) is 226 Å². The molecule has 138 heavy (non-hydrogen) atoms. The molecule has 20 rings (SSSR count). The molecule has 7 aromatic carbocycles. The lowest BCUT2D eigenvalue weighted by molar-refractivity contribution is -0.0196. The summed E-state index contributed by atoms with van der Waals surface area (Å²) in [6.07, 6.45) is 38.3. The van der Waals surface area contributed by atoms with E-state index in [2.05, 4.69) is 455 Å². The molecule has 13 aliphatic rings. The SMILES string of the molecule is CC1=C(C)C(C)(C)C2(CCCC2)C1(C)C.CC1=C(C)C(C)(C)C2(CCCCC2)C1(C)C.CC1=C(C)C(C)(c2ccccc2)CC1(C)C.CC1=C(C)C(C)(c2ccccc2)CC1(C)c1ccccc1.CC1=C(C)C(C)(c2ccccc2)CC1(C)c1ccccc1.CC1=C(C)C(c2ccccc2)(c2ccccc2)CC1(C)C.CC1=C(C)C2(CCCC2)CC1(C)C.CC1=C(C)C2(CCCC2)CC12CCCC2. The van der Waals surface area contributed by atoms with E-state index < -0.39 is 0 Å². The van der Waals surface area contributed by atoms with Crippen molar-refractivity contribution in [1.29, 1.82) is 0 Å². The van der Waals surface area contributed by atoms with Gasteiger partial charge in [0.1, 0.15) is 0 Å². The fourth-order valence-corrected chi connectivity index (χ4v) is 33.3. The minimum absolute atomic E-state index is 0.0239. The molecule has 5 saturated carbocycles. The van der Waals surface area contributed by atoms with E-state index in [1.807, 2.05) is 11.1 Å². The van der Waals surface area contributed by atoms with Gasteiger partial charge < -0.3 is 0 Å². The molecule has 0 nitrogen and oxygen atoms in total. The van der Waals surface area contributed by atoms with E-state index in [0.717, 1.165) is 19.3 Å². The summed E-state index contributed by atoms with van der Waals surface area (Å²) in [4.78, 5) is 0. The van der Waals surface area contributed by atoms with E-state index in [0.29, 0.717) is 59.6 Å². The summed E-state index contributed by atoms with van der Waals surface area (Å²) in [5.41, 5.74) is 42.5. The lowest BCUT2D eigenvalue weighted by Gasteiger charge is -2.53. The van der Waals surface area contributed by atoms with Gasteiger partial charge in [0, 0.05) is 32.5 Å². The lowest BCUT2D eigenvalue weighted by atomic mass is 9.50. The number of benzene rings is 7. The Balaban J connectivity index is 0.000000134. The van der Waals surface area contributed by atoms with Gasteiger partial charge in [-0.05, 0) is 317 Å². The molecule has 5 atom stereocenters. The van der Waals surface area contributed by atoms with Gasteiger partial charge in [0.15, 0.2) is 0 Å². The average Bonchev–Trinajstić information content (AvgIpc) is 1.53. The Morgan fingerprint density at radius 2 is 0.326 bits per heavy atom. The Morgan fingerprint density at radius 1 is 0.145 bits per heavy atom. The molecule has 13 aliphatic carbocycles. The van der Waals surface area contributed by atoms with Crippen molar-refractivity contribution in [2.75, 3.05) is 0 Å². The van der Waals surface area contributed by atoms with E-state index in [1.54, 1.807) is 44.6 Å². The molecule has 0 heterocycles. The second-order valence-corrected chi connectivity index (χ2v) is 52.7. The minimum Gasteiger partial charge on any atom is -0.0682 e. The van der Waals surface area contributed by atoms with Crippen LogP contribution in [0, 0.1) is 65.0 Å². The molecular formula is C138H194. The summed E-state index contributed by atoms with van der Waals surface area (Å²) in [5, 5.41) is 0. The topological polar surface area (TPSA) is 0 Å². The number of hydrogen-bond acceptors (Lipinski definition) is 0. The Morgan fingerprint density at radius 3 is 0.543 bits per heavy atom. The van der Waals surface area contributed by atoms with Crippen molar-refractivity contribution in [2.45, 2.75) is 448 Å². The third-order valence-electron chi connectivity index (χ3n) is 45.1. The van der Waals surface area contributed by atoms with Gasteiger partial charge in [-0.3, -0.25) is 0 Å². The summed E-state index contributed by atoms with van der Waals surface area (Å²) in [6, 6.07) is 76.7. The summed E-state index contributed by atoms with van der Waals surface area (Å²) in [6.45, 7) is 83.8. The highest BCUT2D eigenvalue weighted by molar-refractivity contribution is 5.57. The second-order valence-electron chi connectivity index (χ2n) is 52.7. The van der Waals surface area contributed by atoms with Crippen LogP contribution in [0.4, 0.5) is 0 Å². The molecule has 5 spiro atoms. The van der Waals surface area contributed by atoms with Gasteiger partial charge in [-0.1, -0.05) is 504 Å². The zero-order chi connectivity index (χ0) is 101. The Bertz CT molecular complexity index is 5300. The minimum atomic E-state index is 0.0239. The number of rotatable bonds is 7. The second kappa shape index (κ2) is 39.9. The number of hydrogen-bond donors (Lipinski definition) is 0. The standard InChI is InChI=1S/3C21H24.C16H28.C16H22.C15H24.C15H26.C13H22/c2*1-16-17(2)21(4,19-13-9-6-10-14-19)15-20(16,3)18-11-7-5-8-12-18;1-16-17(2)21(15-20(16,3)4,18-11-7-5-8-12-18)19-13-9-6-10-14-19;1-12-13(2)15(5,6)16(14(12,3)4)10-8-7-9-11-16;1-12-13(2)16(5,11-15(12,3)4)14-9-7-6-8-10-14;1-12-13(2)15(9-5-6-10-15)11-14(12)7-3-4-8-14;1-11-12(2)14(5,6)15(13(11,3)4)9-7-8-10-15;1-10-11(2)13(7-5-6-8-13)9-12(10,3)4/h3*5-14H,15H2,1-4H3;7-11H2,1-6H3;6-10H,11H2,1-5H3;3-11H2,1-2H3;7-10H2,1-6H3;5-9H2,1-4H3. The van der Waals surface area contributed by atoms with Crippen molar-refractivity contribution in [2.24, 2.45) is 65.0 Å². The molecule has 0 saturated heterocycles. The first-order valence-electron chi connectivity index (χ1n) is 55.4. The first kappa shape index (κ1) is 108. The molecule has 7 aromatic rings. The van der Waals surface area contributed by atoms with E-state index in [4.69, 9.17) is 0 Å². The molecule has 0 N–H and O–H groups in total. The zero-order valence-electron chi connectivity index (χ0n) is 94.8. The molecule has 746 valence electrons. The molecule has 0 amide bonds.